The molecule has 3 rings (SSSR count). The van der Waals surface area contributed by atoms with Crippen molar-refractivity contribution in [2.24, 2.45) is 0 Å². The minimum Gasteiger partial charge on any atom is -0.355 e. The van der Waals surface area contributed by atoms with Gasteiger partial charge in [-0.05, 0) is 40.1 Å². The predicted molar refractivity (Wildman–Crippen MR) is 82.8 cm³/mol. The molecule has 1 N–H and O–H groups in total. The van der Waals surface area contributed by atoms with Gasteiger partial charge in [-0.15, -0.1) is 0 Å². The number of hydrogen-bond donors (Lipinski definition) is 1. The van der Waals surface area contributed by atoms with Crippen LogP contribution >= 0.6 is 0 Å². The van der Waals surface area contributed by atoms with Gasteiger partial charge in [-0.3, -0.25) is 4.79 Å². The van der Waals surface area contributed by atoms with Crippen LogP contribution in [0, 0.1) is 0 Å². The van der Waals surface area contributed by atoms with E-state index in [4.69, 9.17) is 0 Å². The molecular weight excluding hydrogens is 246 g/mol. The van der Waals surface area contributed by atoms with Gasteiger partial charge >= 0.3 is 0 Å². The Labute approximate surface area is 118 Å². The van der Waals surface area contributed by atoms with Gasteiger partial charge < -0.3 is 5.32 Å². The average Bonchev–Trinajstić information content (AvgIpc) is 2.54. The lowest BCUT2D eigenvalue weighted by Crippen LogP contribution is -2.17. The molecule has 3 aromatic carbocycles. The van der Waals surface area contributed by atoms with Crippen molar-refractivity contribution in [3.05, 3.63) is 72.3 Å². The number of hydrogen-bond acceptors (Lipinski definition) is 1. The van der Waals surface area contributed by atoms with Crippen molar-refractivity contribution in [1.82, 2.24) is 5.32 Å². The Hall–Kier alpha value is -2.61. The molecule has 0 unspecified atom stereocenters. The zero-order chi connectivity index (χ0) is 13.9. The van der Waals surface area contributed by atoms with E-state index in [0.29, 0.717) is 5.56 Å². The van der Waals surface area contributed by atoms with Crippen LogP contribution < -0.4 is 5.32 Å². The Morgan fingerprint density at radius 1 is 0.800 bits per heavy atom. The SMILES string of the molecule is CNC(=O)c1ccc2cc(-c3ccccc3)ccc2c1. The molecule has 2 heteroatoms. The van der Waals surface area contributed by atoms with Crippen molar-refractivity contribution >= 4 is 16.7 Å². The van der Waals surface area contributed by atoms with E-state index in [9.17, 15) is 4.79 Å². The molecule has 1 amide bonds. The summed E-state index contributed by atoms with van der Waals surface area (Å²) in [5.74, 6) is -0.0564. The van der Waals surface area contributed by atoms with Gasteiger partial charge in [0.05, 0.1) is 0 Å². The molecule has 0 bridgehead atoms. The third-order valence-corrected chi connectivity index (χ3v) is 3.44. The first kappa shape index (κ1) is 12.4. The van der Waals surface area contributed by atoms with Crippen LogP contribution in [-0.4, -0.2) is 13.0 Å². The van der Waals surface area contributed by atoms with Crippen molar-refractivity contribution < 1.29 is 4.79 Å². The standard InChI is InChI=1S/C18H15NO/c1-19-18(20)17-10-9-15-11-14(7-8-16(15)12-17)13-5-3-2-4-6-13/h2-12H,1H3,(H,19,20). The highest BCUT2D eigenvalue weighted by atomic mass is 16.1. The number of amides is 1. The van der Waals surface area contributed by atoms with Crippen molar-refractivity contribution in [3.8, 4) is 11.1 Å². The Morgan fingerprint density at radius 3 is 2.25 bits per heavy atom. The molecule has 2 nitrogen and oxygen atoms in total. The summed E-state index contributed by atoms with van der Waals surface area (Å²) in [6.45, 7) is 0. The molecule has 0 aromatic heterocycles. The van der Waals surface area contributed by atoms with E-state index in [1.165, 1.54) is 11.1 Å². The molecule has 0 atom stereocenters. The van der Waals surface area contributed by atoms with E-state index >= 15 is 0 Å². The summed E-state index contributed by atoms with van der Waals surface area (Å²) in [7, 11) is 1.64. The molecule has 0 heterocycles. The topological polar surface area (TPSA) is 29.1 Å². The van der Waals surface area contributed by atoms with Crippen molar-refractivity contribution in [2.45, 2.75) is 0 Å². The fourth-order valence-corrected chi connectivity index (χ4v) is 2.34. The summed E-state index contributed by atoms with van der Waals surface area (Å²) in [5, 5.41) is 4.86. The number of rotatable bonds is 2. The molecule has 0 fully saturated rings. The maximum Gasteiger partial charge on any atom is 0.251 e. The minimum atomic E-state index is -0.0564. The normalized spacial score (nSPS) is 10.4. The molecular formula is C18H15NO. The second-order valence-electron chi connectivity index (χ2n) is 4.72. The van der Waals surface area contributed by atoms with E-state index in [0.717, 1.165) is 10.8 Å². The lowest BCUT2D eigenvalue weighted by molar-refractivity contribution is 0.0963. The summed E-state index contributed by atoms with van der Waals surface area (Å²) in [6, 6.07) is 22.3. The molecule has 0 radical (unpaired) electrons. The van der Waals surface area contributed by atoms with Gasteiger partial charge in [-0.1, -0.05) is 48.5 Å². The third kappa shape index (κ3) is 2.28. The van der Waals surface area contributed by atoms with Gasteiger partial charge in [-0.2, -0.15) is 0 Å². The quantitative estimate of drug-likeness (QED) is 0.745. The minimum absolute atomic E-state index is 0.0564. The highest BCUT2D eigenvalue weighted by Crippen LogP contribution is 2.25. The third-order valence-electron chi connectivity index (χ3n) is 3.44. The van der Waals surface area contributed by atoms with Crippen LogP contribution in [0.1, 0.15) is 10.4 Å². The van der Waals surface area contributed by atoms with Crippen LogP contribution in [0.4, 0.5) is 0 Å². The highest BCUT2D eigenvalue weighted by Gasteiger charge is 2.05. The summed E-state index contributed by atoms with van der Waals surface area (Å²) < 4.78 is 0. The Kier molecular flexibility index (Phi) is 3.21. The maximum atomic E-state index is 11.6. The summed E-state index contributed by atoms with van der Waals surface area (Å²) in [5.41, 5.74) is 3.07. The molecule has 98 valence electrons. The lowest BCUT2D eigenvalue weighted by Gasteiger charge is -2.06. The van der Waals surface area contributed by atoms with Gasteiger partial charge in [0.2, 0.25) is 0 Å². The Bertz CT molecular complexity index is 763. The number of carbonyl (C=O) groups is 1. The first-order chi connectivity index (χ1) is 9.78. The largest absolute Gasteiger partial charge is 0.355 e. The summed E-state index contributed by atoms with van der Waals surface area (Å²) in [6.07, 6.45) is 0. The fourth-order valence-electron chi connectivity index (χ4n) is 2.34. The van der Waals surface area contributed by atoms with Gasteiger partial charge in [0.1, 0.15) is 0 Å². The van der Waals surface area contributed by atoms with Crippen LogP contribution in [0.2, 0.25) is 0 Å². The zero-order valence-electron chi connectivity index (χ0n) is 11.3. The van der Waals surface area contributed by atoms with Gasteiger partial charge in [0.15, 0.2) is 0 Å². The Balaban J connectivity index is 2.07. The number of benzene rings is 3. The van der Waals surface area contributed by atoms with E-state index < -0.39 is 0 Å². The molecule has 3 aromatic rings. The molecule has 0 spiro atoms. The second kappa shape index (κ2) is 5.17. The first-order valence-electron chi connectivity index (χ1n) is 6.59. The van der Waals surface area contributed by atoms with Crippen LogP contribution in [0.15, 0.2) is 66.7 Å². The number of fused-ring (bicyclic) bond motifs is 1. The number of carbonyl (C=O) groups excluding carboxylic acids is 1. The zero-order valence-corrected chi connectivity index (χ0v) is 11.3. The molecule has 0 saturated heterocycles. The molecule has 0 saturated carbocycles. The summed E-state index contributed by atoms with van der Waals surface area (Å²) in [4.78, 5) is 11.6. The van der Waals surface area contributed by atoms with E-state index in [1.807, 2.05) is 36.4 Å². The molecule has 0 aliphatic heterocycles. The van der Waals surface area contributed by atoms with E-state index in [2.05, 4.69) is 35.6 Å². The number of nitrogens with one attached hydrogen (secondary N) is 1. The van der Waals surface area contributed by atoms with Crippen molar-refractivity contribution in [2.75, 3.05) is 7.05 Å². The van der Waals surface area contributed by atoms with Crippen LogP contribution in [0.25, 0.3) is 21.9 Å². The monoisotopic (exact) mass is 261 g/mol. The average molecular weight is 261 g/mol. The van der Waals surface area contributed by atoms with E-state index in [1.54, 1.807) is 7.05 Å². The fraction of sp³-hybridized carbons (Fsp3) is 0.0556. The highest BCUT2D eigenvalue weighted by molar-refractivity contribution is 5.99. The van der Waals surface area contributed by atoms with Crippen molar-refractivity contribution in [1.29, 1.82) is 0 Å². The molecule has 0 aliphatic rings. The summed E-state index contributed by atoms with van der Waals surface area (Å²) >= 11 is 0. The Morgan fingerprint density at radius 2 is 1.50 bits per heavy atom. The lowest BCUT2D eigenvalue weighted by atomic mass is 10.00. The van der Waals surface area contributed by atoms with Gasteiger partial charge in [0, 0.05) is 12.6 Å². The maximum absolute atomic E-state index is 11.6. The van der Waals surface area contributed by atoms with Crippen LogP contribution in [-0.2, 0) is 0 Å². The van der Waals surface area contributed by atoms with Crippen molar-refractivity contribution in [3.63, 3.8) is 0 Å². The first-order valence-corrected chi connectivity index (χ1v) is 6.59. The van der Waals surface area contributed by atoms with E-state index in [-0.39, 0.29) is 5.91 Å². The molecule has 0 aliphatic carbocycles. The van der Waals surface area contributed by atoms with Crippen LogP contribution in [0.5, 0.6) is 0 Å². The van der Waals surface area contributed by atoms with Gasteiger partial charge in [0.25, 0.3) is 5.91 Å². The second-order valence-corrected chi connectivity index (χ2v) is 4.72. The van der Waals surface area contributed by atoms with Gasteiger partial charge in [-0.25, -0.2) is 0 Å². The predicted octanol–water partition coefficient (Wildman–Crippen LogP) is 3.87. The smallest absolute Gasteiger partial charge is 0.251 e. The molecule has 20 heavy (non-hydrogen) atoms. The van der Waals surface area contributed by atoms with Crippen LogP contribution in [0.3, 0.4) is 0 Å².